The van der Waals surface area contributed by atoms with Crippen LogP contribution in [0, 0.1) is 0 Å². The van der Waals surface area contributed by atoms with Crippen molar-refractivity contribution >= 4 is 5.69 Å². The number of ether oxygens (including phenoxy) is 1. The van der Waals surface area contributed by atoms with Crippen LogP contribution in [-0.4, -0.2) is 46.8 Å². The minimum atomic E-state index is -0.305. The molecule has 0 saturated heterocycles. The van der Waals surface area contributed by atoms with Crippen molar-refractivity contribution in [3.05, 3.63) is 56.9 Å². The van der Waals surface area contributed by atoms with Crippen LogP contribution >= 0.6 is 0 Å². The minimum absolute atomic E-state index is 0.0263. The predicted octanol–water partition coefficient (Wildman–Crippen LogP) is 0.803. The van der Waals surface area contributed by atoms with E-state index >= 15 is 0 Å². The maximum Gasteiger partial charge on any atom is 0.330 e. The third-order valence-corrected chi connectivity index (χ3v) is 4.88. The first-order valence-corrected chi connectivity index (χ1v) is 8.85. The molecular formula is C19H26N4O3. The van der Waals surface area contributed by atoms with Crippen LogP contribution in [-0.2, 0) is 20.6 Å². The average Bonchev–Trinajstić information content (AvgIpc) is 2.63. The Labute approximate surface area is 153 Å². The summed E-state index contributed by atoms with van der Waals surface area (Å²) in [5.41, 5.74) is 1.24. The van der Waals surface area contributed by atoms with Gasteiger partial charge in [0.25, 0.3) is 5.56 Å². The lowest BCUT2D eigenvalue weighted by molar-refractivity contribution is 0.138. The molecule has 26 heavy (non-hydrogen) atoms. The van der Waals surface area contributed by atoms with Crippen molar-refractivity contribution in [2.75, 3.05) is 31.6 Å². The predicted molar refractivity (Wildman–Crippen MR) is 102 cm³/mol. The monoisotopic (exact) mass is 358 g/mol. The number of hydrogen-bond donors (Lipinski definition) is 0. The maximum atomic E-state index is 12.1. The second-order valence-electron chi connectivity index (χ2n) is 6.82. The average molecular weight is 358 g/mol. The van der Waals surface area contributed by atoms with Gasteiger partial charge in [-0.25, -0.2) is 4.79 Å². The number of aromatic nitrogens is 2. The SMILES string of the molecule is CCN1CC(CN(C)Cc2cc(=O)n(C)c(=O)n2C)Oc2ccccc21. The van der Waals surface area contributed by atoms with E-state index in [0.717, 1.165) is 29.1 Å². The van der Waals surface area contributed by atoms with E-state index in [-0.39, 0.29) is 17.4 Å². The number of likely N-dealkylation sites (N-methyl/N-ethyl adjacent to an activating group) is 2. The van der Waals surface area contributed by atoms with Gasteiger partial charge in [-0.3, -0.25) is 18.8 Å². The molecule has 7 heteroatoms. The number of anilines is 1. The second-order valence-corrected chi connectivity index (χ2v) is 6.82. The van der Waals surface area contributed by atoms with Crippen molar-refractivity contribution in [1.29, 1.82) is 0 Å². The Morgan fingerprint density at radius 1 is 1.19 bits per heavy atom. The molecule has 1 aromatic heterocycles. The van der Waals surface area contributed by atoms with Crippen molar-refractivity contribution in [3.63, 3.8) is 0 Å². The summed E-state index contributed by atoms with van der Waals surface area (Å²) in [7, 11) is 5.16. The molecule has 1 unspecified atom stereocenters. The summed E-state index contributed by atoms with van der Waals surface area (Å²) in [6, 6.07) is 9.60. The number of nitrogens with zero attached hydrogens (tertiary/aromatic N) is 4. The van der Waals surface area contributed by atoms with Gasteiger partial charge in [0.2, 0.25) is 0 Å². The van der Waals surface area contributed by atoms with E-state index in [0.29, 0.717) is 18.8 Å². The van der Waals surface area contributed by atoms with E-state index in [1.54, 1.807) is 7.05 Å². The standard InChI is InChI=1S/C19H26N4O3/c1-5-23-13-15(26-17-9-7-6-8-16(17)23)12-20(2)11-14-10-18(24)22(4)19(25)21(14)3/h6-10,15H,5,11-13H2,1-4H3. The first kappa shape index (κ1) is 18.3. The number of rotatable bonds is 5. The fourth-order valence-electron chi connectivity index (χ4n) is 3.39. The van der Waals surface area contributed by atoms with Gasteiger partial charge in [0.1, 0.15) is 11.9 Å². The van der Waals surface area contributed by atoms with E-state index in [2.05, 4.69) is 22.8 Å². The van der Waals surface area contributed by atoms with Crippen molar-refractivity contribution < 1.29 is 4.74 Å². The van der Waals surface area contributed by atoms with Gasteiger partial charge in [-0.05, 0) is 26.1 Å². The molecule has 0 bridgehead atoms. The fraction of sp³-hybridized carbons (Fsp3) is 0.474. The highest BCUT2D eigenvalue weighted by Crippen LogP contribution is 2.32. The van der Waals surface area contributed by atoms with E-state index in [1.807, 2.05) is 25.2 Å². The van der Waals surface area contributed by atoms with Crippen LogP contribution in [0.2, 0.25) is 0 Å². The second kappa shape index (κ2) is 7.37. The molecule has 1 aliphatic rings. The normalized spacial score (nSPS) is 16.5. The molecule has 0 aliphatic carbocycles. The molecule has 7 nitrogen and oxygen atoms in total. The quantitative estimate of drug-likeness (QED) is 0.791. The Hall–Kier alpha value is -2.54. The first-order chi connectivity index (χ1) is 12.4. The molecule has 2 aromatic rings. The summed E-state index contributed by atoms with van der Waals surface area (Å²) < 4.78 is 8.79. The van der Waals surface area contributed by atoms with E-state index in [4.69, 9.17) is 4.74 Å². The lowest BCUT2D eigenvalue weighted by Gasteiger charge is -2.37. The van der Waals surface area contributed by atoms with Gasteiger partial charge in [0, 0.05) is 45.5 Å². The topological polar surface area (TPSA) is 59.7 Å². The van der Waals surface area contributed by atoms with E-state index in [1.165, 1.54) is 17.7 Å². The Bertz CT molecular complexity index is 902. The van der Waals surface area contributed by atoms with Crippen LogP contribution in [0.4, 0.5) is 5.69 Å². The summed E-state index contributed by atoms with van der Waals surface area (Å²) in [6.07, 6.45) is 0.0263. The van der Waals surface area contributed by atoms with Gasteiger partial charge in [-0.15, -0.1) is 0 Å². The smallest absolute Gasteiger partial charge is 0.330 e. The molecule has 0 radical (unpaired) electrons. The van der Waals surface area contributed by atoms with Crippen molar-refractivity contribution in [1.82, 2.24) is 14.0 Å². The van der Waals surface area contributed by atoms with E-state index < -0.39 is 0 Å². The van der Waals surface area contributed by atoms with Crippen LogP contribution in [0.1, 0.15) is 12.6 Å². The van der Waals surface area contributed by atoms with Crippen LogP contribution in [0.15, 0.2) is 39.9 Å². The molecule has 0 saturated carbocycles. The third-order valence-electron chi connectivity index (χ3n) is 4.88. The summed E-state index contributed by atoms with van der Waals surface area (Å²) >= 11 is 0. The minimum Gasteiger partial charge on any atom is -0.485 e. The Morgan fingerprint density at radius 2 is 1.92 bits per heavy atom. The van der Waals surface area contributed by atoms with Crippen molar-refractivity contribution in [2.45, 2.75) is 19.6 Å². The van der Waals surface area contributed by atoms with Crippen molar-refractivity contribution in [3.8, 4) is 5.75 Å². The third kappa shape index (κ3) is 3.53. The molecule has 0 fully saturated rings. The largest absolute Gasteiger partial charge is 0.485 e. The summed E-state index contributed by atoms with van der Waals surface area (Å²) in [5, 5.41) is 0. The summed E-state index contributed by atoms with van der Waals surface area (Å²) in [5.74, 6) is 0.903. The van der Waals surface area contributed by atoms with Crippen LogP contribution < -0.4 is 20.9 Å². The lowest BCUT2D eigenvalue weighted by atomic mass is 10.2. The zero-order valence-electron chi connectivity index (χ0n) is 15.8. The Morgan fingerprint density at radius 3 is 2.65 bits per heavy atom. The number of fused-ring (bicyclic) bond motifs is 1. The Kier molecular flexibility index (Phi) is 5.18. The van der Waals surface area contributed by atoms with Gasteiger partial charge in [0.15, 0.2) is 0 Å². The Balaban J connectivity index is 1.73. The highest BCUT2D eigenvalue weighted by molar-refractivity contribution is 5.60. The molecule has 0 spiro atoms. The molecule has 140 valence electrons. The number of para-hydroxylation sites is 2. The van der Waals surface area contributed by atoms with Gasteiger partial charge in [-0.2, -0.15) is 0 Å². The van der Waals surface area contributed by atoms with Crippen molar-refractivity contribution in [2.24, 2.45) is 14.1 Å². The molecule has 1 aromatic carbocycles. The van der Waals surface area contributed by atoms with Gasteiger partial charge >= 0.3 is 5.69 Å². The van der Waals surface area contributed by atoms with E-state index in [9.17, 15) is 9.59 Å². The first-order valence-electron chi connectivity index (χ1n) is 8.85. The van der Waals surface area contributed by atoms with Gasteiger partial charge in [-0.1, -0.05) is 12.1 Å². The van der Waals surface area contributed by atoms with Crippen LogP contribution in [0.25, 0.3) is 0 Å². The zero-order valence-corrected chi connectivity index (χ0v) is 15.8. The summed E-state index contributed by atoms with van der Waals surface area (Å²) in [6.45, 7) is 5.08. The molecule has 0 amide bonds. The number of benzene rings is 1. The van der Waals surface area contributed by atoms with Crippen LogP contribution in [0.5, 0.6) is 5.75 Å². The molecule has 2 heterocycles. The lowest BCUT2D eigenvalue weighted by Crippen LogP contribution is -2.46. The highest BCUT2D eigenvalue weighted by Gasteiger charge is 2.25. The van der Waals surface area contributed by atoms with Gasteiger partial charge < -0.3 is 9.64 Å². The molecule has 1 aliphatic heterocycles. The number of hydrogen-bond acceptors (Lipinski definition) is 5. The van der Waals surface area contributed by atoms with Crippen LogP contribution in [0.3, 0.4) is 0 Å². The fourth-order valence-corrected chi connectivity index (χ4v) is 3.39. The maximum absolute atomic E-state index is 12.1. The molecule has 1 atom stereocenters. The zero-order chi connectivity index (χ0) is 18.8. The molecule has 0 N–H and O–H groups in total. The summed E-state index contributed by atoms with van der Waals surface area (Å²) in [4.78, 5) is 28.4. The molecule has 3 rings (SSSR count). The molecular weight excluding hydrogens is 332 g/mol. The van der Waals surface area contributed by atoms with Gasteiger partial charge in [0.05, 0.1) is 12.2 Å². The highest BCUT2D eigenvalue weighted by atomic mass is 16.5.